The largest absolute Gasteiger partial charge is 0.453 e. The Morgan fingerprint density at radius 2 is 1.72 bits per heavy atom. The summed E-state index contributed by atoms with van der Waals surface area (Å²) in [6, 6.07) is 21.0. The summed E-state index contributed by atoms with van der Waals surface area (Å²) in [4.78, 5) is 40.2. The van der Waals surface area contributed by atoms with Gasteiger partial charge in [-0.1, -0.05) is 62.4 Å². The maximum absolute atomic E-state index is 13.5. The number of hydrogen-bond acceptors (Lipinski definition) is 7. The predicted molar refractivity (Wildman–Crippen MR) is 189 cm³/mol. The highest BCUT2D eigenvalue weighted by atomic mass is 32.2. The van der Waals surface area contributed by atoms with E-state index in [1.807, 2.05) is 42.9 Å². The third-order valence-corrected chi connectivity index (χ3v) is 10.6. The SMILES string of the molecule is COC(=O)N[C@H](C(=O)N1CCC[C@H]1c1ncc(-c2ccc3cc(-c4ccc(C5=CN=C([C@H]6NCCS6)C5)cc4)ccc3c2)[nH]1)C(C)C. The van der Waals surface area contributed by atoms with Gasteiger partial charge in [-0.3, -0.25) is 15.1 Å². The molecule has 242 valence electrons. The van der Waals surface area contributed by atoms with Gasteiger partial charge in [-0.15, -0.1) is 11.8 Å². The first-order valence-electron chi connectivity index (χ1n) is 16.3. The maximum atomic E-state index is 13.5. The molecule has 4 aromatic rings. The van der Waals surface area contributed by atoms with Crippen LogP contribution in [0.25, 0.3) is 38.7 Å². The van der Waals surface area contributed by atoms with Gasteiger partial charge in [-0.2, -0.15) is 0 Å². The first-order chi connectivity index (χ1) is 22.9. The minimum absolute atomic E-state index is 0.0797. The van der Waals surface area contributed by atoms with Crippen molar-refractivity contribution in [2.24, 2.45) is 10.9 Å². The number of likely N-dealkylation sites (tertiary alicyclic amines) is 1. The second-order valence-electron chi connectivity index (χ2n) is 12.7. The summed E-state index contributed by atoms with van der Waals surface area (Å²) in [5.74, 6) is 1.71. The number of fused-ring (bicyclic) bond motifs is 1. The van der Waals surface area contributed by atoms with E-state index in [0.29, 0.717) is 11.9 Å². The van der Waals surface area contributed by atoms with Crippen LogP contribution in [-0.2, 0) is 9.53 Å². The number of thioether (sulfide) groups is 1. The summed E-state index contributed by atoms with van der Waals surface area (Å²) in [5.41, 5.74) is 8.03. The van der Waals surface area contributed by atoms with Crippen molar-refractivity contribution >= 4 is 45.8 Å². The fraction of sp³-hybridized carbons (Fsp3) is 0.351. The van der Waals surface area contributed by atoms with Crippen molar-refractivity contribution in [1.82, 2.24) is 25.5 Å². The molecule has 47 heavy (non-hydrogen) atoms. The van der Waals surface area contributed by atoms with E-state index in [4.69, 9.17) is 14.7 Å². The van der Waals surface area contributed by atoms with Crippen LogP contribution in [0.5, 0.6) is 0 Å². The molecule has 2 amide bonds. The van der Waals surface area contributed by atoms with Crippen molar-refractivity contribution in [2.75, 3.05) is 26.0 Å². The number of aliphatic imine (C=N–C) groups is 1. The quantitative estimate of drug-likeness (QED) is 0.194. The van der Waals surface area contributed by atoms with Gasteiger partial charge >= 0.3 is 6.09 Å². The number of amides is 2. The Morgan fingerprint density at radius 1 is 1.00 bits per heavy atom. The Labute approximate surface area is 279 Å². The Bertz CT molecular complexity index is 1860. The standard InChI is InChI=1S/C37H40N6O3S/c1-22(2)33(42-37(45)46-3)36(44)43-15-4-5-32(43)34-40-21-31(41-34)28-13-12-26-17-25(10-11-27(26)18-28)23-6-8-24(9-7-23)29-19-30(39-20-29)35-38-14-16-47-35/h6-13,17-18,20-22,32-33,35,38H,4-5,14-16,19H2,1-3H3,(H,40,41)(H,42,45)/t32-,33-,35-/m0/s1. The van der Waals surface area contributed by atoms with Gasteiger partial charge in [0, 0.05) is 42.7 Å². The van der Waals surface area contributed by atoms with E-state index in [2.05, 4.69) is 76.3 Å². The molecular weight excluding hydrogens is 609 g/mol. The van der Waals surface area contributed by atoms with Crippen molar-refractivity contribution in [2.45, 2.75) is 50.6 Å². The molecule has 3 atom stereocenters. The van der Waals surface area contributed by atoms with Crippen LogP contribution in [0.1, 0.15) is 50.5 Å². The summed E-state index contributed by atoms with van der Waals surface area (Å²) in [5, 5.41) is 8.90. The first-order valence-corrected chi connectivity index (χ1v) is 17.4. The number of carbonyl (C=O) groups is 2. The summed E-state index contributed by atoms with van der Waals surface area (Å²) < 4.78 is 4.76. The molecule has 0 unspecified atom stereocenters. The molecule has 3 aliphatic heterocycles. The Balaban J connectivity index is 1.04. The van der Waals surface area contributed by atoms with Gasteiger partial charge in [0.1, 0.15) is 11.9 Å². The molecule has 1 aromatic heterocycles. The number of benzene rings is 3. The number of H-pyrrole nitrogens is 1. The van der Waals surface area contributed by atoms with E-state index in [1.165, 1.54) is 40.5 Å². The highest BCUT2D eigenvalue weighted by Gasteiger charge is 2.37. The predicted octanol–water partition coefficient (Wildman–Crippen LogP) is 6.79. The smallest absolute Gasteiger partial charge is 0.407 e. The van der Waals surface area contributed by atoms with Crippen LogP contribution in [-0.4, -0.2) is 69.9 Å². The number of alkyl carbamates (subject to hydrolysis) is 1. The Hall–Kier alpha value is -4.41. The van der Waals surface area contributed by atoms with Crippen LogP contribution in [0.2, 0.25) is 0 Å². The zero-order valence-electron chi connectivity index (χ0n) is 27.0. The highest BCUT2D eigenvalue weighted by Crippen LogP contribution is 2.35. The second kappa shape index (κ2) is 13.4. The van der Waals surface area contributed by atoms with E-state index >= 15 is 0 Å². The molecule has 0 aliphatic carbocycles. The zero-order chi connectivity index (χ0) is 32.5. The molecule has 0 saturated carbocycles. The summed E-state index contributed by atoms with van der Waals surface area (Å²) in [7, 11) is 1.30. The van der Waals surface area contributed by atoms with E-state index in [-0.39, 0.29) is 17.9 Å². The maximum Gasteiger partial charge on any atom is 0.407 e. The van der Waals surface area contributed by atoms with E-state index in [1.54, 1.807) is 0 Å². The minimum atomic E-state index is -0.661. The molecule has 9 nitrogen and oxygen atoms in total. The molecule has 3 aromatic carbocycles. The molecular formula is C37H40N6O3S. The summed E-state index contributed by atoms with van der Waals surface area (Å²) in [6.07, 6.45) is 5.86. The number of hydrogen-bond donors (Lipinski definition) is 3. The molecule has 0 spiro atoms. The lowest BCUT2D eigenvalue weighted by atomic mass is 9.96. The lowest BCUT2D eigenvalue weighted by Crippen LogP contribution is -2.51. The zero-order valence-corrected chi connectivity index (χ0v) is 27.8. The molecule has 7 rings (SSSR count). The van der Waals surface area contributed by atoms with Crippen molar-refractivity contribution in [1.29, 1.82) is 0 Å². The number of ether oxygens (including phenoxy) is 1. The molecule has 3 N–H and O–H groups in total. The normalized spacial score (nSPS) is 20.0. The van der Waals surface area contributed by atoms with Crippen molar-refractivity contribution < 1.29 is 14.3 Å². The average molecular weight is 649 g/mol. The van der Waals surface area contributed by atoms with E-state index in [9.17, 15) is 9.59 Å². The average Bonchev–Trinajstić information content (AvgIpc) is 3.93. The van der Waals surface area contributed by atoms with Crippen molar-refractivity contribution in [3.8, 4) is 22.4 Å². The van der Waals surface area contributed by atoms with Crippen molar-refractivity contribution in [3.63, 3.8) is 0 Å². The van der Waals surface area contributed by atoms with Gasteiger partial charge in [0.05, 0.1) is 30.4 Å². The number of aromatic amines is 1. The van der Waals surface area contributed by atoms with E-state index in [0.717, 1.165) is 54.0 Å². The molecule has 2 saturated heterocycles. The number of methoxy groups -OCH3 is 1. The molecule has 0 bridgehead atoms. The third kappa shape index (κ3) is 6.44. The van der Waals surface area contributed by atoms with Crippen LogP contribution < -0.4 is 10.6 Å². The van der Waals surface area contributed by atoms with Gasteiger partial charge in [-0.05, 0) is 63.9 Å². The Morgan fingerprint density at radius 3 is 2.45 bits per heavy atom. The first kappa shape index (κ1) is 31.2. The number of aromatic nitrogens is 2. The van der Waals surface area contributed by atoms with Crippen LogP contribution in [0.3, 0.4) is 0 Å². The Kier molecular flexibility index (Phi) is 8.88. The van der Waals surface area contributed by atoms with Gasteiger partial charge in [-0.25, -0.2) is 9.78 Å². The number of nitrogens with zero attached hydrogens (tertiary/aromatic N) is 3. The van der Waals surface area contributed by atoms with Crippen LogP contribution >= 0.6 is 11.8 Å². The monoisotopic (exact) mass is 648 g/mol. The van der Waals surface area contributed by atoms with Gasteiger partial charge in [0.25, 0.3) is 0 Å². The lowest BCUT2D eigenvalue weighted by Gasteiger charge is -2.30. The second-order valence-corrected chi connectivity index (χ2v) is 14.0. The fourth-order valence-electron chi connectivity index (χ4n) is 6.74. The third-order valence-electron chi connectivity index (χ3n) is 9.36. The van der Waals surface area contributed by atoms with Gasteiger partial charge < -0.3 is 19.9 Å². The summed E-state index contributed by atoms with van der Waals surface area (Å²) in [6.45, 7) is 5.51. The van der Waals surface area contributed by atoms with Crippen LogP contribution in [0.4, 0.5) is 4.79 Å². The number of allylic oxidation sites excluding steroid dienone is 1. The van der Waals surface area contributed by atoms with Gasteiger partial charge in [0.15, 0.2) is 0 Å². The number of rotatable bonds is 8. The van der Waals surface area contributed by atoms with Crippen LogP contribution in [0, 0.1) is 5.92 Å². The van der Waals surface area contributed by atoms with E-state index < -0.39 is 12.1 Å². The molecule has 10 heteroatoms. The fourth-order valence-corrected chi connectivity index (χ4v) is 7.78. The molecule has 0 radical (unpaired) electrons. The molecule has 3 aliphatic rings. The number of imidazole rings is 1. The topological polar surface area (TPSA) is 112 Å². The van der Waals surface area contributed by atoms with Gasteiger partial charge in [0.2, 0.25) is 5.91 Å². The molecule has 2 fully saturated rings. The number of nitrogens with one attached hydrogen (secondary N) is 3. The van der Waals surface area contributed by atoms with Crippen molar-refractivity contribution in [3.05, 3.63) is 84.4 Å². The van der Waals surface area contributed by atoms with Crippen LogP contribution in [0.15, 0.2) is 78.1 Å². The summed E-state index contributed by atoms with van der Waals surface area (Å²) >= 11 is 1.94. The molecule has 4 heterocycles. The number of carbonyl (C=O) groups excluding carboxylic acids is 2. The highest BCUT2D eigenvalue weighted by molar-refractivity contribution is 8.00. The minimum Gasteiger partial charge on any atom is -0.453 e. The lowest BCUT2D eigenvalue weighted by molar-refractivity contribution is -0.135.